The second kappa shape index (κ2) is 6.86. The summed E-state index contributed by atoms with van der Waals surface area (Å²) in [6.45, 7) is 3.41. The summed E-state index contributed by atoms with van der Waals surface area (Å²) in [5.41, 5.74) is 0. The molecule has 0 rings (SSSR count). The first-order valence-electron chi connectivity index (χ1n) is 4.38. The summed E-state index contributed by atoms with van der Waals surface area (Å²) in [6.07, 6.45) is 0. The van der Waals surface area contributed by atoms with Gasteiger partial charge in [-0.25, -0.2) is 0 Å². The molecule has 0 spiro atoms. The Morgan fingerprint density at radius 1 is 1.46 bits per heavy atom. The van der Waals surface area contributed by atoms with Crippen LogP contribution in [0.1, 0.15) is 6.92 Å². The Hall–Kier alpha value is -0.610. The van der Waals surface area contributed by atoms with Gasteiger partial charge in [0.25, 0.3) is 0 Å². The van der Waals surface area contributed by atoms with E-state index in [1.165, 1.54) is 0 Å². The van der Waals surface area contributed by atoms with E-state index in [0.717, 1.165) is 6.54 Å². The summed E-state index contributed by atoms with van der Waals surface area (Å²) in [4.78, 5) is 13.2. The van der Waals surface area contributed by atoms with Crippen LogP contribution < -0.4 is 0 Å². The summed E-state index contributed by atoms with van der Waals surface area (Å²) in [6, 6.07) is 0. The third kappa shape index (κ3) is 6.54. The zero-order valence-electron chi connectivity index (χ0n) is 8.87. The van der Waals surface area contributed by atoms with Gasteiger partial charge >= 0.3 is 5.97 Å². The van der Waals surface area contributed by atoms with E-state index in [-0.39, 0.29) is 11.9 Å². The molecule has 0 aliphatic heterocycles. The van der Waals surface area contributed by atoms with Crippen molar-refractivity contribution in [3.63, 3.8) is 0 Å². The minimum absolute atomic E-state index is 0.174. The van der Waals surface area contributed by atoms with Gasteiger partial charge in [0.1, 0.15) is 6.61 Å². The standard InChI is InChI=1S/C9H19NO3/c1-8(7-12-4)9(11)13-6-5-10(2)3/h8H,5-7H2,1-4H3. The Bertz CT molecular complexity index is 148. The van der Waals surface area contributed by atoms with Gasteiger partial charge in [-0.15, -0.1) is 0 Å². The number of rotatable bonds is 6. The second-order valence-corrected chi connectivity index (χ2v) is 3.33. The van der Waals surface area contributed by atoms with Gasteiger partial charge < -0.3 is 14.4 Å². The Morgan fingerprint density at radius 3 is 2.54 bits per heavy atom. The topological polar surface area (TPSA) is 38.8 Å². The van der Waals surface area contributed by atoms with Gasteiger partial charge in [0.15, 0.2) is 0 Å². The molecule has 0 bridgehead atoms. The van der Waals surface area contributed by atoms with Crippen LogP contribution in [0.25, 0.3) is 0 Å². The third-order valence-corrected chi connectivity index (χ3v) is 1.60. The number of hydrogen-bond donors (Lipinski definition) is 0. The molecule has 0 N–H and O–H groups in total. The van der Waals surface area contributed by atoms with E-state index in [1.807, 2.05) is 19.0 Å². The molecule has 0 aliphatic rings. The molecule has 0 amide bonds. The van der Waals surface area contributed by atoms with Crippen molar-refractivity contribution < 1.29 is 14.3 Å². The van der Waals surface area contributed by atoms with E-state index in [0.29, 0.717) is 13.2 Å². The zero-order chi connectivity index (χ0) is 10.3. The van der Waals surface area contributed by atoms with Crippen LogP contribution in [0.15, 0.2) is 0 Å². The maximum absolute atomic E-state index is 11.2. The predicted molar refractivity (Wildman–Crippen MR) is 50.6 cm³/mol. The minimum atomic E-state index is -0.191. The van der Waals surface area contributed by atoms with E-state index in [1.54, 1.807) is 14.0 Å². The molecule has 0 aromatic carbocycles. The number of nitrogens with zero attached hydrogens (tertiary/aromatic N) is 1. The van der Waals surface area contributed by atoms with Gasteiger partial charge in [-0.05, 0) is 21.0 Å². The largest absolute Gasteiger partial charge is 0.464 e. The first kappa shape index (κ1) is 12.4. The Kier molecular flexibility index (Phi) is 6.54. The molecule has 0 radical (unpaired) electrons. The van der Waals surface area contributed by atoms with Crippen LogP contribution in [-0.4, -0.2) is 51.8 Å². The minimum Gasteiger partial charge on any atom is -0.464 e. The van der Waals surface area contributed by atoms with Crippen molar-refractivity contribution in [3.05, 3.63) is 0 Å². The van der Waals surface area contributed by atoms with Gasteiger partial charge in [0, 0.05) is 13.7 Å². The van der Waals surface area contributed by atoms with Crippen LogP contribution in [0.4, 0.5) is 0 Å². The summed E-state index contributed by atoms with van der Waals surface area (Å²) in [5.74, 6) is -0.365. The van der Waals surface area contributed by atoms with Crippen molar-refractivity contribution in [2.45, 2.75) is 6.92 Å². The number of carbonyl (C=O) groups is 1. The fraction of sp³-hybridized carbons (Fsp3) is 0.889. The lowest BCUT2D eigenvalue weighted by Crippen LogP contribution is -2.24. The normalized spacial score (nSPS) is 13.0. The summed E-state index contributed by atoms with van der Waals surface area (Å²) in [7, 11) is 5.45. The SMILES string of the molecule is COCC(C)C(=O)OCCN(C)C. The fourth-order valence-electron chi connectivity index (χ4n) is 0.789. The lowest BCUT2D eigenvalue weighted by Gasteiger charge is -2.12. The van der Waals surface area contributed by atoms with Crippen LogP contribution in [0.5, 0.6) is 0 Å². The first-order valence-corrected chi connectivity index (χ1v) is 4.38. The van der Waals surface area contributed by atoms with Crippen LogP contribution in [0.2, 0.25) is 0 Å². The Balaban J connectivity index is 3.50. The summed E-state index contributed by atoms with van der Waals surface area (Å²) < 4.78 is 9.85. The van der Waals surface area contributed by atoms with Crippen LogP contribution in [0.3, 0.4) is 0 Å². The van der Waals surface area contributed by atoms with Crippen molar-refractivity contribution in [1.82, 2.24) is 4.90 Å². The molecular weight excluding hydrogens is 170 g/mol. The van der Waals surface area contributed by atoms with Gasteiger partial charge in [-0.1, -0.05) is 0 Å². The molecule has 0 aromatic rings. The fourth-order valence-corrected chi connectivity index (χ4v) is 0.789. The molecule has 4 heteroatoms. The molecule has 78 valence electrons. The first-order chi connectivity index (χ1) is 6.07. The van der Waals surface area contributed by atoms with Crippen LogP contribution in [-0.2, 0) is 14.3 Å². The van der Waals surface area contributed by atoms with Crippen molar-refractivity contribution in [2.24, 2.45) is 5.92 Å². The van der Waals surface area contributed by atoms with E-state index < -0.39 is 0 Å². The maximum atomic E-state index is 11.2. The van der Waals surface area contributed by atoms with E-state index in [4.69, 9.17) is 9.47 Å². The number of carbonyl (C=O) groups excluding carboxylic acids is 1. The molecule has 0 saturated heterocycles. The molecule has 4 nitrogen and oxygen atoms in total. The van der Waals surface area contributed by atoms with Gasteiger partial charge in [-0.2, -0.15) is 0 Å². The number of hydrogen-bond acceptors (Lipinski definition) is 4. The molecular formula is C9H19NO3. The second-order valence-electron chi connectivity index (χ2n) is 3.33. The number of ether oxygens (including phenoxy) is 2. The van der Waals surface area contributed by atoms with Gasteiger partial charge in [-0.3, -0.25) is 4.79 Å². The molecule has 0 aliphatic carbocycles. The number of methoxy groups -OCH3 is 1. The predicted octanol–water partition coefficient (Wildman–Crippen LogP) is 0.374. The van der Waals surface area contributed by atoms with Crippen molar-refractivity contribution in [3.8, 4) is 0 Å². The third-order valence-electron chi connectivity index (χ3n) is 1.60. The van der Waals surface area contributed by atoms with E-state index in [2.05, 4.69) is 0 Å². The summed E-state index contributed by atoms with van der Waals surface area (Å²) in [5, 5.41) is 0. The Labute approximate surface area is 79.8 Å². The molecule has 0 fully saturated rings. The van der Waals surface area contributed by atoms with Crippen molar-refractivity contribution >= 4 is 5.97 Å². The monoisotopic (exact) mass is 189 g/mol. The van der Waals surface area contributed by atoms with Gasteiger partial charge in [0.2, 0.25) is 0 Å². The molecule has 1 atom stereocenters. The average Bonchev–Trinajstić information content (AvgIpc) is 2.04. The molecule has 1 unspecified atom stereocenters. The smallest absolute Gasteiger partial charge is 0.311 e. The molecule has 0 saturated carbocycles. The quantitative estimate of drug-likeness (QED) is 0.566. The highest BCUT2D eigenvalue weighted by molar-refractivity contribution is 5.72. The van der Waals surface area contributed by atoms with E-state index >= 15 is 0 Å². The lowest BCUT2D eigenvalue weighted by atomic mass is 10.2. The molecule has 0 heterocycles. The number of likely N-dealkylation sites (N-methyl/N-ethyl adjacent to an activating group) is 1. The Morgan fingerprint density at radius 2 is 2.08 bits per heavy atom. The zero-order valence-corrected chi connectivity index (χ0v) is 8.87. The maximum Gasteiger partial charge on any atom is 0.311 e. The molecule has 13 heavy (non-hydrogen) atoms. The summed E-state index contributed by atoms with van der Waals surface area (Å²) >= 11 is 0. The highest BCUT2D eigenvalue weighted by Crippen LogP contribution is 1.98. The van der Waals surface area contributed by atoms with Crippen LogP contribution in [0, 0.1) is 5.92 Å². The highest BCUT2D eigenvalue weighted by atomic mass is 16.5. The van der Waals surface area contributed by atoms with Crippen LogP contribution >= 0.6 is 0 Å². The van der Waals surface area contributed by atoms with Crippen molar-refractivity contribution in [2.75, 3.05) is 41.0 Å². The molecule has 0 aromatic heterocycles. The van der Waals surface area contributed by atoms with Crippen molar-refractivity contribution in [1.29, 1.82) is 0 Å². The van der Waals surface area contributed by atoms with Gasteiger partial charge in [0.05, 0.1) is 12.5 Å². The average molecular weight is 189 g/mol. The lowest BCUT2D eigenvalue weighted by molar-refractivity contribution is -0.149. The number of esters is 1. The highest BCUT2D eigenvalue weighted by Gasteiger charge is 2.13. The van der Waals surface area contributed by atoms with E-state index in [9.17, 15) is 4.79 Å².